The summed E-state index contributed by atoms with van der Waals surface area (Å²) in [6.07, 6.45) is 3.95. The Morgan fingerprint density at radius 3 is 2.64 bits per heavy atom. The molecule has 1 rings (SSSR count). The number of nitrogens with zero attached hydrogens (tertiary/aromatic N) is 1. The predicted molar refractivity (Wildman–Crippen MR) is 54.9 cm³/mol. The van der Waals surface area contributed by atoms with E-state index in [-0.39, 0.29) is 6.29 Å². The Kier molecular flexibility index (Phi) is 4.65. The van der Waals surface area contributed by atoms with E-state index in [0.717, 1.165) is 6.54 Å². The summed E-state index contributed by atoms with van der Waals surface area (Å²) in [5.41, 5.74) is 1.26. The molecular formula is C10H18N2O2. The summed E-state index contributed by atoms with van der Waals surface area (Å²) in [7, 11) is 5.29. The van der Waals surface area contributed by atoms with Gasteiger partial charge in [0.05, 0.1) is 0 Å². The fourth-order valence-electron chi connectivity index (χ4n) is 1.26. The lowest BCUT2D eigenvalue weighted by molar-refractivity contribution is -0.0989. The van der Waals surface area contributed by atoms with Gasteiger partial charge in [0.1, 0.15) is 0 Å². The molecule has 0 saturated heterocycles. The number of methoxy groups -OCH3 is 2. The van der Waals surface area contributed by atoms with E-state index in [2.05, 4.69) is 17.6 Å². The largest absolute Gasteiger partial charge is 0.357 e. The quantitative estimate of drug-likeness (QED) is 0.685. The van der Waals surface area contributed by atoms with Gasteiger partial charge in [-0.3, -0.25) is 0 Å². The molecular weight excluding hydrogens is 180 g/mol. The van der Waals surface area contributed by atoms with Crippen molar-refractivity contribution in [3.63, 3.8) is 0 Å². The van der Waals surface area contributed by atoms with E-state index < -0.39 is 0 Å². The first-order valence-electron chi connectivity index (χ1n) is 4.63. The molecule has 0 saturated carbocycles. The van der Waals surface area contributed by atoms with Crippen LogP contribution in [0.15, 0.2) is 18.5 Å². The fraction of sp³-hybridized carbons (Fsp3) is 0.600. The Morgan fingerprint density at radius 1 is 1.43 bits per heavy atom. The van der Waals surface area contributed by atoms with Crippen LogP contribution in [0.2, 0.25) is 0 Å². The molecule has 4 nitrogen and oxygen atoms in total. The summed E-state index contributed by atoms with van der Waals surface area (Å²) in [6, 6.07) is 2.08. The summed E-state index contributed by atoms with van der Waals surface area (Å²) in [5, 5.41) is 3.25. The Bertz CT molecular complexity index is 256. The first-order chi connectivity index (χ1) is 6.76. The van der Waals surface area contributed by atoms with Gasteiger partial charge in [0.15, 0.2) is 6.29 Å². The third kappa shape index (κ3) is 3.49. The standard InChI is InChI=1S/C10H18N2O2/c1-12-5-4-9(8-12)6-11-7-10(13-2)14-3/h4-5,8,10-11H,6-7H2,1-3H3. The number of nitrogens with one attached hydrogen (secondary N) is 1. The lowest BCUT2D eigenvalue weighted by Gasteiger charge is -2.13. The van der Waals surface area contributed by atoms with E-state index in [4.69, 9.17) is 9.47 Å². The molecule has 0 aromatic carbocycles. The zero-order valence-electron chi connectivity index (χ0n) is 8.99. The zero-order chi connectivity index (χ0) is 10.4. The number of aromatic nitrogens is 1. The fourth-order valence-corrected chi connectivity index (χ4v) is 1.26. The van der Waals surface area contributed by atoms with Gasteiger partial charge in [0.25, 0.3) is 0 Å². The molecule has 4 heteroatoms. The third-order valence-corrected chi connectivity index (χ3v) is 2.06. The number of hydrogen-bond donors (Lipinski definition) is 1. The Labute approximate surface area is 84.8 Å². The van der Waals surface area contributed by atoms with Gasteiger partial charge in [-0.15, -0.1) is 0 Å². The van der Waals surface area contributed by atoms with Crippen molar-refractivity contribution in [3.05, 3.63) is 24.0 Å². The molecule has 0 aliphatic heterocycles. The van der Waals surface area contributed by atoms with Crippen molar-refractivity contribution in [2.75, 3.05) is 20.8 Å². The monoisotopic (exact) mass is 198 g/mol. The molecule has 1 N–H and O–H groups in total. The number of hydrogen-bond acceptors (Lipinski definition) is 3. The van der Waals surface area contributed by atoms with Crippen molar-refractivity contribution in [1.29, 1.82) is 0 Å². The normalized spacial score (nSPS) is 11.1. The number of rotatable bonds is 6. The van der Waals surface area contributed by atoms with Gasteiger partial charge in [-0.25, -0.2) is 0 Å². The second kappa shape index (κ2) is 5.80. The van der Waals surface area contributed by atoms with Crippen molar-refractivity contribution >= 4 is 0 Å². The number of aryl methyl sites for hydroxylation is 1. The molecule has 0 fully saturated rings. The second-order valence-corrected chi connectivity index (χ2v) is 3.22. The molecule has 0 aliphatic rings. The summed E-state index contributed by atoms with van der Waals surface area (Å²) in [5.74, 6) is 0. The maximum Gasteiger partial charge on any atom is 0.169 e. The van der Waals surface area contributed by atoms with E-state index in [1.54, 1.807) is 14.2 Å². The summed E-state index contributed by atoms with van der Waals surface area (Å²) >= 11 is 0. The van der Waals surface area contributed by atoms with Gasteiger partial charge in [0.2, 0.25) is 0 Å². The molecule has 0 bridgehead atoms. The van der Waals surface area contributed by atoms with E-state index in [9.17, 15) is 0 Å². The zero-order valence-corrected chi connectivity index (χ0v) is 8.99. The topological polar surface area (TPSA) is 35.4 Å². The SMILES string of the molecule is COC(CNCc1ccn(C)c1)OC. The van der Waals surface area contributed by atoms with Gasteiger partial charge >= 0.3 is 0 Å². The highest BCUT2D eigenvalue weighted by Crippen LogP contribution is 1.98. The first-order valence-corrected chi connectivity index (χ1v) is 4.63. The minimum atomic E-state index is -0.168. The van der Waals surface area contributed by atoms with E-state index in [1.165, 1.54) is 5.56 Å². The molecule has 0 spiro atoms. The van der Waals surface area contributed by atoms with Crippen molar-refractivity contribution < 1.29 is 9.47 Å². The molecule has 14 heavy (non-hydrogen) atoms. The van der Waals surface area contributed by atoms with Crippen LogP contribution >= 0.6 is 0 Å². The first kappa shape index (κ1) is 11.2. The summed E-state index contributed by atoms with van der Waals surface area (Å²) < 4.78 is 12.1. The number of ether oxygens (including phenoxy) is 2. The van der Waals surface area contributed by atoms with Crippen molar-refractivity contribution in [1.82, 2.24) is 9.88 Å². The van der Waals surface area contributed by atoms with Gasteiger partial charge in [-0.05, 0) is 11.6 Å². The van der Waals surface area contributed by atoms with E-state index in [0.29, 0.717) is 6.54 Å². The van der Waals surface area contributed by atoms with E-state index in [1.807, 2.05) is 17.8 Å². The van der Waals surface area contributed by atoms with Crippen LogP contribution in [0.3, 0.4) is 0 Å². The van der Waals surface area contributed by atoms with Crippen LogP contribution in [-0.4, -0.2) is 31.6 Å². The molecule has 0 radical (unpaired) electrons. The molecule has 0 aliphatic carbocycles. The highest BCUT2D eigenvalue weighted by molar-refractivity contribution is 5.09. The van der Waals surface area contributed by atoms with Crippen LogP contribution in [-0.2, 0) is 23.1 Å². The van der Waals surface area contributed by atoms with Crippen LogP contribution in [0.25, 0.3) is 0 Å². The van der Waals surface area contributed by atoms with Crippen molar-refractivity contribution in [3.8, 4) is 0 Å². The van der Waals surface area contributed by atoms with Crippen LogP contribution < -0.4 is 5.32 Å². The second-order valence-electron chi connectivity index (χ2n) is 3.22. The highest BCUT2D eigenvalue weighted by atomic mass is 16.7. The Morgan fingerprint density at radius 2 is 2.14 bits per heavy atom. The molecule has 0 unspecified atom stereocenters. The van der Waals surface area contributed by atoms with Crippen LogP contribution in [0, 0.1) is 0 Å². The lowest BCUT2D eigenvalue weighted by atomic mass is 10.3. The maximum atomic E-state index is 5.05. The molecule has 1 heterocycles. The van der Waals surface area contributed by atoms with Gasteiger partial charge in [-0.1, -0.05) is 0 Å². The minimum Gasteiger partial charge on any atom is -0.357 e. The van der Waals surface area contributed by atoms with Crippen LogP contribution in [0.1, 0.15) is 5.56 Å². The molecule has 0 atom stereocenters. The summed E-state index contributed by atoms with van der Waals surface area (Å²) in [4.78, 5) is 0. The smallest absolute Gasteiger partial charge is 0.169 e. The Balaban J connectivity index is 2.21. The molecule has 1 aromatic heterocycles. The average Bonchev–Trinajstić information content (AvgIpc) is 2.59. The summed E-state index contributed by atoms with van der Waals surface area (Å²) in [6.45, 7) is 1.53. The third-order valence-electron chi connectivity index (χ3n) is 2.06. The van der Waals surface area contributed by atoms with E-state index >= 15 is 0 Å². The minimum absolute atomic E-state index is 0.168. The highest BCUT2D eigenvalue weighted by Gasteiger charge is 2.03. The molecule has 80 valence electrons. The maximum absolute atomic E-state index is 5.05. The van der Waals surface area contributed by atoms with Gasteiger partial charge < -0.3 is 19.4 Å². The van der Waals surface area contributed by atoms with Crippen molar-refractivity contribution in [2.24, 2.45) is 7.05 Å². The van der Waals surface area contributed by atoms with Crippen molar-refractivity contribution in [2.45, 2.75) is 12.8 Å². The average molecular weight is 198 g/mol. The predicted octanol–water partition coefficient (Wildman–Crippen LogP) is 0.734. The molecule has 1 aromatic rings. The Hall–Kier alpha value is -0.840. The van der Waals surface area contributed by atoms with Gasteiger partial charge in [0, 0.05) is 46.8 Å². The van der Waals surface area contributed by atoms with Crippen LogP contribution in [0.5, 0.6) is 0 Å². The molecule has 0 amide bonds. The lowest BCUT2D eigenvalue weighted by Crippen LogP contribution is -2.29. The van der Waals surface area contributed by atoms with Crippen LogP contribution in [0.4, 0.5) is 0 Å². The van der Waals surface area contributed by atoms with Gasteiger partial charge in [-0.2, -0.15) is 0 Å².